The van der Waals surface area contributed by atoms with E-state index in [9.17, 15) is 9.59 Å². The van der Waals surface area contributed by atoms with Crippen LogP contribution in [-0.4, -0.2) is 36.9 Å². The van der Waals surface area contributed by atoms with Crippen molar-refractivity contribution >= 4 is 11.8 Å². The molecule has 0 aromatic rings. The Morgan fingerprint density at radius 3 is 2.33 bits per heavy atom. The fraction of sp³-hybridized carbons (Fsp3) is 0.818. The lowest BCUT2D eigenvalue weighted by atomic mass is 9.70. The summed E-state index contributed by atoms with van der Waals surface area (Å²) in [4.78, 5) is 25.1. The van der Waals surface area contributed by atoms with Gasteiger partial charge >= 0.3 is 0 Å². The van der Waals surface area contributed by atoms with Crippen LogP contribution in [-0.2, 0) is 9.59 Å². The molecular formula is C11H18N2O2. The zero-order chi connectivity index (χ0) is 11.0. The Bertz CT molecular complexity index is 264. The van der Waals surface area contributed by atoms with Crippen molar-refractivity contribution in [2.45, 2.75) is 19.8 Å². The quantitative estimate of drug-likeness (QED) is 0.676. The number of carbonyl (C=O) groups is 2. The van der Waals surface area contributed by atoms with E-state index < -0.39 is 0 Å². The number of imide groups is 1. The Hall–Kier alpha value is -0.900. The molecule has 1 N–H and O–H groups in total. The van der Waals surface area contributed by atoms with E-state index in [1.54, 1.807) is 0 Å². The minimum atomic E-state index is 0.0606. The number of piperidine rings is 2. The number of fused-ring (bicyclic) bond motifs is 2. The smallest absolute Gasteiger partial charge is 0.232 e. The summed E-state index contributed by atoms with van der Waals surface area (Å²) in [5, 5.41) is 3.06. The number of carbonyl (C=O) groups excluding carboxylic acids is 2. The minimum Gasteiger partial charge on any atom is -0.319 e. The molecule has 1 unspecified atom stereocenters. The van der Waals surface area contributed by atoms with Crippen molar-refractivity contribution in [3.63, 3.8) is 0 Å². The molecule has 2 saturated heterocycles. The van der Waals surface area contributed by atoms with Crippen molar-refractivity contribution < 1.29 is 9.59 Å². The van der Waals surface area contributed by atoms with Crippen LogP contribution in [0.1, 0.15) is 19.8 Å². The first-order valence-corrected chi connectivity index (χ1v) is 5.63. The molecule has 2 heterocycles. The zero-order valence-electron chi connectivity index (χ0n) is 9.32. The van der Waals surface area contributed by atoms with Gasteiger partial charge in [0.25, 0.3) is 0 Å². The molecule has 1 saturated carbocycles. The van der Waals surface area contributed by atoms with Crippen molar-refractivity contribution in [1.29, 1.82) is 0 Å². The molecule has 0 aromatic heterocycles. The SMILES string of the molecule is CNCC(C)CN1C(=O)C2CC(C2)C1=O. The predicted molar refractivity (Wildman–Crippen MR) is 56.0 cm³/mol. The lowest BCUT2D eigenvalue weighted by Crippen LogP contribution is -2.57. The molecule has 2 amide bonds. The van der Waals surface area contributed by atoms with Crippen LogP contribution in [0.25, 0.3) is 0 Å². The second-order valence-corrected chi connectivity index (χ2v) is 4.82. The minimum absolute atomic E-state index is 0.0606. The van der Waals surface area contributed by atoms with E-state index in [4.69, 9.17) is 0 Å². The van der Waals surface area contributed by atoms with Crippen molar-refractivity contribution in [3.8, 4) is 0 Å². The molecule has 1 atom stereocenters. The topological polar surface area (TPSA) is 49.4 Å². The van der Waals surface area contributed by atoms with Gasteiger partial charge in [0.15, 0.2) is 0 Å². The summed E-state index contributed by atoms with van der Waals surface area (Å²) in [6.07, 6.45) is 1.60. The third-order valence-corrected chi connectivity index (χ3v) is 3.42. The van der Waals surface area contributed by atoms with Gasteiger partial charge in [-0.15, -0.1) is 0 Å². The van der Waals surface area contributed by atoms with E-state index >= 15 is 0 Å². The summed E-state index contributed by atoms with van der Waals surface area (Å²) < 4.78 is 0. The maximum atomic E-state index is 11.8. The Morgan fingerprint density at radius 2 is 1.87 bits per heavy atom. The zero-order valence-corrected chi connectivity index (χ0v) is 9.32. The first kappa shape index (κ1) is 10.6. The second-order valence-electron chi connectivity index (χ2n) is 4.82. The van der Waals surface area contributed by atoms with E-state index in [0.717, 1.165) is 19.4 Å². The van der Waals surface area contributed by atoms with Gasteiger partial charge in [0.05, 0.1) is 0 Å². The first-order valence-electron chi connectivity index (χ1n) is 5.63. The highest BCUT2D eigenvalue weighted by Crippen LogP contribution is 2.41. The Morgan fingerprint density at radius 1 is 1.33 bits per heavy atom. The average Bonchev–Trinajstić information content (AvgIpc) is 2.09. The highest BCUT2D eigenvalue weighted by Gasteiger charge is 2.49. The third-order valence-electron chi connectivity index (χ3n) is 3.42. The number of nitrogens with one attached hydrogen (secondary N) is 1. The molecule has 0 aromatic carbocycles. The van der Waals surface area contributed by atoms with Crippen LogP contribution in [0.4, 0.5) is 0 Å². The van der Waals surface area contributed by atoms with Gasteiger partial charge in [-0.3, -0.25) is 14.5 Å². The lowest BCUT2D eigenvalue weighted by Gasteiger charge is -2.44. The van der Waals surface area contributed by atoms with Gasteiger partial charge in [0, 0.05) is 18.4 Å². The average molecular weight is 210 g/mol. The molecule has 3 aliphatic rings. The van der Waals surface area contributed by atoms with Crippen molar-refractivity contribution in [1.82, 2.24) is 10.2 Å². The lowest BCUT2D eigenvalue weighted by molar-refractivity contribution is -0.165. The largest absolute Gasteiger partial charge is 0.319 e. The van der Waals surface area contributed by atoms with Gasteiger partial charge in [-0.2, -0.15) is 0 Å². The van der Waals surface area contributed by atoms with Crippen LogP contribution in [0.15, 0.2) is 0 Å². The molecule has 4 heteroatoms. The van der Waals surface area contributed by atoms with Crippen molar-refractivity contribution in [2.24, 2.45) is 17.8 Å². The number of nitrogens with zero attached hydrogens (tertiary/aromatic N) is 1. The number of hydrogen-bond donors (Lipinski definition) is 1. The van der Waals surface area contributed by atoms with Gasteiger partial charge in [-0.05, 0) is 32.4 Å². The molecule has 3 rings (SSSR count). The monoisotopic (exact) mass is 210 g/mol. The van der Waals surface area contributed by atoms with Crippen LogP contribution in [0.3, 0.4) is 0 Å². The predicted octanol–water partition coefficient (Wildman–Crippen LogP) is 0.237. The first-order chi connectivity index (χ1) is 7.13. The summed E-state index contributed by atoms with van der Waals surface area (Å²) in [6, 6.07) is 0. The summed E-state index contributed by atoms with van der Waals surface area (Å²) in [5.41, 5.74) is 0. The van der Waals surface area contributed by atoms with Gasteiger partial charge in [0.2, 0.25) is 11.8 Å². The van der Waals surface area contributed by atoms with E-state index in [1.807, 2.05) is 7.05 Å². The molecule has 84 valence electrons. The summed E-state index contributed by atoms with van der Waals surface area (Å²) in [6.45, 7) is 3.47. The van der Waals surface area contributed by atoms with Gasteiger partial charge in [0.1, 0.15) is 0 Å². The van der Waals surface area contributed by atoms with Crippen LogP contribution in [0.2, 0.25) is 0 Å². The van der Waals surface area contributed by atoms with Crippen LogP contribution >= 0.6 is 0 Å². The molecule has 3 fully saturated rings. The molecule has 2 aliphatic heterocycles. The Balaban J connectivity index is 1.96. The molecule has 2 bridgehead atoms. The highest BCUT2D eigenvalue weighted by molar-refractivity contribution is 6.02. The van der Waals surface area contributed by atoms with Gasteiger partial charge < -0.3 is 5.32 Å². The summed E-state index contributed by atoms with van der Waals surface area (Å²) >= 11 is 0. The Labute approximate surface area is 90.0 Å². The summed E-state index contributed by atoms with van der Waals surface area (Å²) in [7, 11) is 1.88. The second kappa shape index (κ2) is 3.93. The Kier molecular flexibility index (Phi) is 2.78. The van der Waals surface area contributed by atoms with E-state index in [1.165, 1.54) is 4.90 Å². The van der Waals surface area contributed by atoms with Crippen molar-refractivity contribution in [3.05, 3.63) is 0 Å². The van der Waals surface area contributed by atoms with Crippen LogP contribution in [0, 0.1) is 17.8 Å². The molecular weight excluding hydrogens is 192 g/mol. The molecule has 15 heavy (non-hydrogen) atoms. The van der Waals surface area contributed by atoms with E-state index in [0.29, 0.717) is 12.5 Å². The number of amides is 2. The number of rotatable bonds is 4. The fourth-order valence-corrected chi connectivity index (χ4v) is 2.48. The number of hydrogen-bond acceptors (Lipinski definition) is 3. The van der Waals surface area contributed by atoms with E-state index in [-0.39, 0.29) is 23.7 Å². The molecule has 0 radical (unpaired) electrons. The third kappa shape index (κ3) is 1.78. The maximum Gasteiger partial charge on any atom is 0.232 e. The van der Waals surface area contributed by atoms with Crippen molar-refractivity contribution in [2.75, 3.05) is 20.1 Å². The van der Waals surface area contributed by atoms with Crippen LogP contribution in [0.5, 0.6) is 0 Å². The molecule has 1 aliphatic carbocycles. The standard InChI is InChI=1S/C11H18N2O2/c1-7(5-12-2)6-13-10(14)8-3-9(4-8)11(13)15/h7-9,12H,3-6H2,1-2H3. The fourth-order valence-electron chi connectivity index (χ4n) is 2.48. The van der Waals surface area contributed by atoms with E-state index in [2.05, 4.69) is 12.2 Å². The molecule has 0 spiro atoms. The normalized spacial score (nSPS) is 31.5. The van der Waals surface area contributed by atoms with Gasteiger partial charge in [-0.25, -0.2) is 0 Å². The highest BCUT2D eigenvalue weighted by atomic mass is 16.2. The van der Waals surface area contributed by atoms with Gasteiger partial charge in [-0.1, -0.05) is 6.92 Å². The summed E-state index contributed by atoms with van der Waals surface area (Å²) in [5.74, 6) is 0.750. The molecule has 4 nitrogen and oxygen atoms in total. The maximum absolute atomic E-state index is 11.8. The van der Waals surface area contributed by atoms with Crippen LogP contribution < -0.4 is 5.32 Å².